The molecule has 0 saturated heterocycles. The minimum atomic E-state index is -0.202. The van der Waals surface area contributed by atoms with Gasteiger partial charge in [0.15, 0.2) is 0 Å². The van der Waals surface area contributed by atoms with E-state index in [-0.39, 0.29) is 5.78 Å². The van der Waals surface area contributed by atoms with Crippen LogP contribution >= 0.6 is 0 Å². The molecule has 156 valence electrons. The number of hydrogen-bond donors (Lipinski definition) is 0. The van der Waals surface area contributed by atoms with Gasteiger partial charge >= 0.3 is 0 Å². The molecule has 0 bridgehead atoms. The molecule has 3 aromatic carbocycles. The van der Waals surface area contributed by atoms with E-state index in [1.54, 1.807) is 42.3 Å². The van der Waals surface area contributed by atoms with Crippen LogP contribution in [-0.2, 0) is 0 Å². The van der Waals surface area contributed by atoms with Crippen LogP contribution in [0, 0.1) is 0 Å². The van der Waals surface area contributed by atoms with Gasteiger partial charge in [-0.3, -0.25) is 4.79 Å². The zero-order chi connectivity index (χ0) is 21.9. The second kappa shape index (κ2) is 8.31. The van der Waals surface area contributed by atoms with Crippen LogP contribution < -0.4 is 4.74 Å². The molecule has 5 rings (SSSR count). The molecule has 5 aromatic rings. The molecule has 2 aromatic heterocycles. The molecule has 0 atom stereocenters. The predicted octanol–water partition coefficient (Wildman–Crippen LogP) is 4.36. The monoisotopic (exact) mass is 421 g/mol. The van der Waals surface area contributed by atoms with E-state index >= 15 is 0 Å². The Labute approximate surface area is 184 Å². The van der Waals surface area contributed by atoms with E-state index in [0.717, 1.165) is 11.4 Å². The lowest BCUT2D eigenvalue weighted by Crippen LogP contribution is -2.05. The van der Waals surface area contributed by atoms with Crippen LogP contribution in [-0.4, -0.2) is 37.7 Å². The van der Waals surface area contributed by atoms with Gasteiger partial charge in [-0.25, -0.2) is 4.68 Å². The minimum Gasteiger partial charge on any atom is -0.497 e. The SMILES string of the molecule is COc1ccc(C(=O)c2nn(-c3ccccc3)cc2-c2cnn(-c3ccccc3)n2)cc1. The van der Waals surface area contributed by atoms with Gasteiger partial charge in [-0.2, -0.15) is 15.0 Å². The Bertz CT molecular complexity index is 1360. The van der Waals surface area contributed by atoms with Crippen LogP contribution in [0.25, 0.3) is 22.6 Å². The highest BCUT2D eigenvalue weighted by molar-refractivity contribution is 6.11. The number of carbonyl (C=O) groups excluding carboxylic acids is 1. The molecule has 0 aliphatic carbocycles. The highest BCUT2D eigenvalue weighted by Crippen LogP contribution is 2.26. The average Bonchev–Trinajstić information content (AvgIpc) is 3.53. The summed E-state index contributed by atoms with van der Waals surface area (Å²) in [5, 5.41) is 13.6. The first-order valence-electron chi connectivity index (χ1n) is 10.0. The number of para-hydroxylation sites is 2. The van der Waals surface area contributed by atoms with Gasteiger partial charge in [0.05, 0.1) is 30.2 Å². The lowest BCUT2D eigenvalue weighted by atomic mass is 10.0. The highest BCUT2D eigenvalue weighted by Gasteiger charge is 2.22. The average molecular weight is 421 g/mol. The summed E-state index contributed by atoms with van der Waals surface area (Å²) >= 11 is 0. The van der Waals surface area contributed by atoms with E-state index < -0.39 is 0 Å². The largest absolute Gasteiger partial charge is 0.497 e. The van der Waals surface area contributed by atoms with E-state index in [9.17, 15) is 4.79 Å². The second-order valence-corrected chi connectivity index (χ2v) is 7.08. The van der Waals surface area contributed by atoms with Gasteiger partial charge < -0.3 is 4.74 Å². The maximum absolute atomic E-state index is 13.4. The summed E-state index contributed by atoms with van der Waals surface area (Å²) in [6, 6.07) is 26.2. The molecule has 0 amide bonds. The van der Waals surface area contributed by atoms with Crippen LogP contribution in [0.5, 0.6) is 5.75 Å². The van der Waals surface area contributed by atoms with Crippen LogP contribution in [0.3, 0.4) is 0 Å². The Kier molecular flexibility index (Phi) is 5.05. The second-order valence-electron chi connectivity index (χ2n) is 7.08. The van der Waals surface area contributed by atoms with Crippen molar-refractivity contribution in [3.63, 3.8) is 0 Å². The fourth-order valence-corrected chi connectivity index (χ4v) is 3.39. The first-order valence-corrected chi connectivity index (χ1v) is 10.0. The van der Waals surface area contributed by atoms with Crippen molar-refractivity contribution < 1.29 is 9.53 Å². The summed E-state index contributed by atoms with van der Waals surface area (Å²) in [6.45, 7) is 0. The van der Waals surface area contributed by atoms with Crippen molar-refractivity contribution in [2.24, 2.45) is 0 Å². The van der Waals surface area contributed by atoms with Crippen LogP contribution in [0.2, 0.25) is 0 Å². The zero-order valence-electron chi connectivity index (χ0n) is 17.3. The first-order chi connectivity index (χ1) is 15.7. The molecule has 0 fully saturated rings. The summed E-state index contributed by atoms with van der Waals surface area (Å²) in [5.41, 5.74) is 3.67. The number of nitrogens with zero attached hydrogens (tertiary/aromatic N) is 5. The summed E-state index contributed by atoms with van der Waals surface area (Å²) < 4.78 is 6.89. The number of aromatic nitrogens is 5. The molecular formula is C25H19N5O2. The fourth-order valence-electron chi connectivity index (χ4n) is 3.39. The molecule has 0 unspecified atom stereocenters. The number of carbonyl (C=O) groups is 1. The first kappa shape index (κ1) is 19.4. The van der Waals surface area contributed by atoms with Crippen LogP contribution in [0.4, 0.5) is 0 Å². The third-order valence-electron chi connectivity index (χ3n) is 5.06. The number of benzene rings is 3. The predicted molar refractivity (Wildman–Crippen MR) is 120 cm³/mol. The Hall–Kier alpha value is -4.52. The Morgan fingerprint density at radius 3 is 2.12 bits per heavy atom. The third-order valence-corrected chi connectivity index (χ3v) is 5.06. The van der Waals surface area contributed by atoms with Crippen molar-refractivity contribution in [1.82, 2.24) is 24.8 Å². The van der Waals surface area contributed by atoms with Gasteiger partial charge in [0.25, 0.3) is 0 Å². The van der Waals surface area contributed by atoms with E-state index in [1.807, 2.05) is 66.9 Å². The Morgan fingerprint density at radius 1 is 0.812 bits per heavy atom. The molecule has 0 radical (unpaired) electrons. The van der Waals surface area contributed by atoms with E-state index in [2.05, 4.69) is 15.3 Å². The van der Waals surface area contributed by atoms with E-state index in [1.165, 1.54) is 4.80 Å². The lowest BCUT2D eigenvalue weighted by Gasteiger charge is -2.03. The molecule has 0 N–H and O–H groups in total. The number of ketones is 1. The van der Waals surface area contributed by atoms with Crippen molar-refractivity contribution >= 4 is 5.78 Å². The quantitative estimate of drug-likeness (QED) is 0.381. The molecule has 0 aliphatic rings. The standard InChI is InChI=1S/C25H19N5O2/c1-32-21-14-12-18(13-15-21)25(31)24-22(17-29(28-24)19-8-4-2-5-9-19)23-16-26-30(27-23)20-10-6-3-7-11-20/h2-17H,1H3. The molecule has 0 saturated carbocycles. The smallest absolute Gasteiger partial charge is 0.213 e. The molecule has 32 heavy (non-hydrogen) atoms. The lowest BCUT2D eigenvalue weighted by molar-refractivity contribution is 0.103. The van der Waals surface area contributed by atoms with Crippen molar-refractivity contribution in [3.05, 3.63) is 109 Å². The molecule has 2 heterocycles. The normalized spacial score (nSPS) is 10.8. The molecule has 0 aliphatic heterocycles. The van der Waals surface area contributed by atoms with Gasteiger partial charge in [0.2, 0.25) is 5.78 Å². The summed E-state index contributed by atoms with van der Waals surface area (Å²) in [7, 11) is 1.59. The van der Waals surface area contributed by atoms with Gasteiger partial charge in [-0.05, 0) is 48.5 Å². The van der Waals surface area contributed by atoms with Gasteiger partial charge in [0, 0.05) is 11.8 Å². The van der Waals surface area contributed by atoms with Crippen molar-refractivity contribution in [2.75, 3.05) is 7.11 Å². The van der Waals surface area contributed by atoms with Gasteiger partial charge in [-0.15, -0.1) is 5.10 Å². The maximum Gasteiger partial charge on any atom is 0.213 e. The highest BCUT2D eigenvalue weighted by atomic mass is 16.5. The molecule has 7 nitrogen and oxygen atoms in total. The molecule has 7 heteroatoms. The van der Waals surface area contributed by atoms with Crippen molar-refractivity contribution in [3.8, 4) is 28.4 Å². The summed E-state index contributed by atoms with van der Waals surface area (Å²) in [5.74, 6) is 0.481. The number of rotatable bonds is 6. The number of hydrogen-bond acceptors (Lipinski definition) is 5. The van der Waals surface area contributed by atoms with E-state index in [4.69, 9.17) is 4.74 Å². The topological polar surface area (TPSA) is 74.8 Å². The van der Waals surface area contributed by atoms with Crippen LogP contribution in [0.15, 0.2) is 97.3 Å². The van der Waals surface area contributed by atoms with E-state index in [0.29, 0.717) is 28.3 Å². The van der Waals surface area contributed by atoms with Crippen molar-refractivity contribution in [1.29, 1.82) is 0 Å². The molecule has 0 spiro atoms. The Morgan fingerprint density at radius 2 is 1.47 bits per heavy atom. The minimum absolute atomic E-state index is 0.202. The van der Waals surface area contributed by atoms with Crippen molar-refractivity contribution in [2.45, 2.75) is 0 Å². The summed E-state index contributed by atoms with van der Waals surface area (Å²) in [6.07, 6.45) is 3.45. The number of ether oxygens (including phenoxy) is 1. The maximum atomic E-state index is 13.4. The summed E-state index contributed by atoms with van der Waals surface area (Å²) in [4.78, 5) is 14.9. The Balaban J connectivity index is 1.60. The zero-order valence-corrected chi connectivity index (χ0v) is 17.3. The number of methoxy groups -OCH3 is 1. The third kappa shape index (κ3) is 3.67. The van der Waals surface area contributed by atoms with Gasteiger partial charge in [-0.1, -0.05) is 36.4 Å². The van der Waals surface area contributed by atoms with Gasteiger partial charge in [0.1, 0.15) is 17.1 Å². The van der Waals surface area contributed by atoms with Crippen LogP contribution in [0.1, 0.15) is 16.1 Å². The molecular weight excluding hydrogens is 402 g/mol. The fraction of sp³-hybridized carbons (Fsp3) is 0.0400.